The fraction of sp³-hybridized carbons (Fsp3) is 0.294. The van der Waals surface area contributed by atoms with Gasteiger partial charge >= 0.3 is 11.9 Å². The van der Waals surface area contributed by atoms with E-state index in [0.29, 0.717) is 15.8 Å². The molecule has 1 aromatic heterocycles. The van der Waals surface area contributed by atoms with Crippen molar-refractivity contribution < 1.29 is 34.0 Å². The van der Waals surface area contributed by atoms with Crippen LogP contribution in [-0.4, -0.2) is 42.2 Å². The first-order valence-corrected chi connectivity index (χ1v) is 9.20. The zero-order valence-corrected chi connectivity index (χ0v) is 15.8. The zero-order chi connectivity index (χ0) is 18.7. The lowest BCUT2D eigenvalue weighted by Crippen LogP contribution is -2.30. The Morgan fingerprint density at radius 2 is 2.00 bits per heavy atom. The van der Waals surface area contributed by atoms with Crippen LogP contribution in [0.15, 0.2) is 34.8 Å². The molecule has 2 N–H and O–H groups in total. The molecule has 2 heterocycles. The number of hydrogen-bond donors (Lipinski definition) is 2. The van der Waals surface area contributed by atoms with Gasteiger partial charge in [0.25, 0.3) is 0 Å². The topological polar surface area (TPSA) is 102 Å². The SMILES string of the molecule is O=C(O)COc1c(C(=O)O)sc(C2(Cc3ccccc3)COCO2)c1Br. The summed E-state index contributed by atoms with van der Waals surface area (Å²) >= 11 is 4.36. The Morgan fingerprint density at radius 1 is 1.27 bits per heavy atom. The van der Waals surface area contributed by atoms with Gasteiger partial charge in [-0.1, -0.05) is 30.3 Å². The highest BCUT2D eigenvalue weighted by molar-refractivity contribution is 9.10. The van der Waals surface area contributed by atoms with Crippen molar-refractivity contribution in [2.45, 2.75) is 12.0 Å². The van der Waals surface area contributed by atoms with Gasteiger partial charge < -0.3 is 24.4 Å². The number of aromatic carboxylic acids is 1. The fourth-order valence-electron chi connectivity index (χ4n) is 2.73. The Labute approximate surface area is 161 Å². The highest BCUT2D eigenvalue weighted by atomic mass is 79.9. The normalized spacial score (nSPS) is 19.4. The predicted octanol–water partition coefficient (Wildman–Crippen LogP) is 3.11. The summed E-state index contributed by atoms with van der Waals surface area (Å²) in [5, 5.41) is 18.3. The second-order valence-electron chi connectivity index (χ2n) is 5.66. The van der Waals surface area contributed by atoms with Crippen LogP contribution in [0.5, 0.6) is 5.75 Å². The van der Waals surface area contributed by atoms with E-state index in [-0.39, 0.29) is 24.0 Å². The Bertz CT molecular complexity index is 812. The van der Waals surface area contributed by atoms with Crippen molar-refractivity contribution in [1.29, 1.82) is 0 Å². The van der Waals surface area contributed by atoms with E-state index in [0.717, 1.165) is 16.9 Å². The first-order valence-electron chi connectivity index (χ1n) is 7.59. The van der Waals surface area contributed by atoms with Crippen molar-refractivity contribution in [2.24, 2.45) is 0 Å². The molecule has 26 heavy (non-hydrogen) atoms. The lowest BCUT2D eigenvalue weighted by Gasteiger charge is -2.26. The molecule has 7 nitrogen and oxygen atoms in total. The van der Waals surface area contributed by atoms with Crippen molar-refractivity contribution in [3.05, 3.63) is 50.1 Å². The number of benzene rings is 1. The first-order chi connectivity index (χ1) is 12.4. The van der Waals surface area contributed by atoms with Crippen LogP contribution >= 0.6 is 27.3 Å². The number of halogens is 1. The molecule has 1 fully saturated rings. The van der Waals surface area contributed by atoms with Gasteiger partial charge in [-0.2, -0.15) is 0 Å². The Balaban J connectivity index is 2.03. The van der Waals surface area contributed by atoms with Gasteiger partial charge in [-0.05, 0) is 21.5 Å². The molecule has 3 rings (SSSR count). The molecule has 1 aliphatic heterocycles. The second-order valence-corrected chi connectivity index (χ2v) is 7.47. The number of carboxylic acid groups (broad SMARTS) is 2. The molecule has 1 atom stereocenters. The Morgan fingerprint density at radius 3 is 2.58 bits per heavy atom. The highest BCUT2D eigenvalue weighted by Crippen LogP contribution is 2.48. The van der Waals surface area contributed by atoms with Crippen LogP contribution in [0.2, 0.25) is 0 Å². The molecule has 0 radical (unpaired) electrons. The van der Waals surface area contributed by atoms with Crippen molar-refractivity contribution in [3.63, 3.8) is 0 Å². The summed E-state index contributed by atoms with van der Waals surface area (Å²) in [5.74, 6) is -2.40. The third-order valence-corrected chi connectivity index (χ3v) is 6.21. The second kappa shape index (κ2) is 7.75. The van der Waals surface area contributed by atoms with Crippen LogP contribution < -0.4 is 4.74 Å². The van der Waals surface area contributed by atoms with Gasteiger partial charge in [-0.3, -0.25) is 0 Å². The molecular formula is C17H15BrO7S. The molecule has 2 aromatic rings. The van der Waals surface area contributed by atoms with Gasteiger partial charge in [0.15, 0.2) is 17.2 Å². The third-order valence-electron chi connectivity index (χ3n) is 3.84. The monoisotopic (exact) mass is 442 g/mol. The number of carbonyl (C=O) groups is 2. The summed E-state index contributed by atoms with van der Waals surface area (Å²) in [6.07, 6.45) is 0.477. The van der Waals surface area contributed by atoms with Gasteiger partial charge in [0.2, 0.25) is 0 Å². The van der Waals surface area contributed by atoms with Crippen molar-refractivity contribution in [2.75, 3.05) is 20.0 Å². The maximum absolute atomic E-state index is 11.6. The summed E-state index contributed by atoms with van der Waals surface area (Å²) in [6, 6.07) is 9.62. The average molecular weight is 443 g/mol. The third kappa shape index (κ3) is 3.75. The van der Waals surface area contributed by atoms with Crippen molar-refractivity contribution >= 4 is 39.2 Å². The Hall–Kier alpha value is -1.94. The molecule has 1 aromatic carbocycles. The largest absolute Gasteiger partial charge is 0.479 e. The molecule has 9 heteroatoms. The standard InChI is InChI=1S/C17H15BrO7S/c18-12-13(24-7-11(19)20)14(16(21)22)26-15(12)17(8-23-9-25-17)6-10-4-2-1-3-5-10/h1-5H,6-9H2,(H,19,20)(H,21,22). The molecule has 1 unspecified atom stereocenters. The first kappa shape index (κ1) is 18.8. The summed E-state index contributed by atoms with van der Waals surface area (Å²) in [6.45, 7) is -0.304. The number of aliphatic carboxylic acids is 1. The quantitative estimate of drug-likeness (QED) is 0.678. The maximum Gasteiger partial charge on any atom is 0.349 e. The number of thiophene rings is 1. The van der Waals surface area contributed by atoms with Crippen LogP contribution in [0.4, 0.5) is 0 Å². The van der Waals surface area contributed by atoms with Gasteiger partial charge in [-0.15, -0.1) is 11.3 Å². The Kier molecular flexibility index (Phi) is 5.61. The van der Waals surface area contributed by atoms with Crippen LogP contribution in [0.3, 0.4) is 0 Å². The molecule has 1 saturated heterocycles. The molecule has 0 spiro atoms. The van der Waals surface area contributed by atoms with Crippen molar-refractivity contribution in [3.8, 4) is 5.75 Å². The van der Waals surface area contributed by atoms with E-state index >= 15 is 0 Å². The maximum atomic E-state index is 11.6. The van der Waals surface area contributed by atoms with Gasteiger partial charge in [0, 0.05) is 6.42 Å². The van der Waals surface area contributed by atoms with E-state index in [2.05, 4.69) is 15.9 Å². The van der Waals surface area contributed by atoms with E-state index in [1.54, 1.807) is 0 Å². The summed E-state index contributed by atoms with van der Waals surface area (Å²) in [7, 11) is 0. The summed E-state index contributed by atoms with van der Waals surface area (Å²) in [5.41, 5.74) is 0.128. The lowest BCUT2D eigenvalue weighted by molar-refractivity contribution is -0.139. The molecule has 138 valence electrons. The molecule has 0 amide bonds. The van der Waals surface area contributed by atoms with E-state index in [1.807, 2.05) is 30.3 Å². The fourth-order valence-corrected chi connectivity index (χ4v) is 4.89. The van der Waals surface area contributed by atoms with Crippen LogP contribution in [-0.2, 0) is 26.3 Å². The van der Waals surface area contributed by atoms with E-state index in [9.17, 15) is 14.7 Å². The van der Waals surface area contributed by atoms with Gasteiger partial charge in [0.05, 0.1) is 16.0 Å². The number of carboxylic acids is 2. The van der Waals surface area contributed by atoms with Crippen LogP contribution in [0, 0.1) is 0 Å². The lowest BCUT2D eigenvalue weighted by atomic mass is 9.93. The van der Waals surface area contributed by atoms with Gasteiger partial charge in [0.1, 0.15) is 12.4 Å². The van der Waals surface area contributed by atoms with E-state index in [4.69, 9.17) is 19.3 Å². The highest BCUT2D eigenvalue weighted by Gasteiger charge is 2.43. The van der Waals surface area contributed by atoms with E-state index in [1.165, 1.54) is 0 Å². The molecule has 0 aliphatic carbocycles. The molecule has 0 saturated carbocycles. The summed E-state index contributed by atoms with van der Waals surface area (Å²) < 4.78 is 16.9. The average Bonchev–Trinajstić information content (AvgIpc) is 3.19. The predicted molar refractivity (Wildman–Crippen MR) is 95.8 cm³/mol. The van der Waals surface area contributed by atoms with Crippen molar-refractivity contribution in [1.82, 2.24) is 0 Å². The van der Waals surface area contributed by atoms with Gasteiger partial charge in [-0.25, -0.2) is 9.59 Å². The minimum absolute atomic E-state index is 0.0113. The number of ether oxygens (including phenoxy) is 3. The molecular weight excluding hydrogens is 428 g/mol. The zero-order valence-electron chi connectivity index (χ0n) is 13.4. The van der Waals surface area contributed by atoms with Crippen LogP contribution in [0.25, 0.3) is 0 Å². The minimum atomic E-state index is -1.20. The van der Waals surface area contributed by atoms with Crippen LogP contribution in [0.1, 0.15) is 20.1 Å². The summed E-state index contributed by atoms with van der Waals surface area (Å²) in [4.78, 5) is 22.9. The molecule has 0 bridgehead atoms. The molecule has 1 aliphatic rings. The van der Waals surface area contributed by atoms with E-state index < -0.39 is 24.1 Å². The number of rotatable bonds is 7. The smallest absolute Gasteiger partial charge is 0.349 e. The minimum Gasteiger partial charge on any atom is -0.479 e. The number of hydrogen-bond acceptors (Lipinski definition) is 6.